The predicted octanol–water partition coefficient (Wildman–Crippen LogP) is 4.12. The van der Waals surface area contributed by atoms with Crippen molar-refractivity contribution in [2.24, 2.45) is 16.7 Å². The van der Waals surface area contributed by atoms with Crippen molar-refractivity contribution in [3.8, 4) is 0 Å². The van der Waals surface area contributed by atoms with E-state index in [0.29, 0.717) is 15.3 Å². The van der Waals surface area contributed by atoms with Crippen LogP contribution in [0, 0.1) is 16.7 Å². The lowest BCUT2D eigenvalue weighted by molar-refractivity contribution is -0.118. The molecule has 0 radical (unpaired) electrons. The maximum absolute atomic E-state index is 12.2. The Labute approximate surface area is 120 Å². The van der Waals surface area contributed by atoms with E-state index in [1.807, 2.05) is 0 Å². The molecule has 3 nitrogen and oxygen atoms in total. The standard InChI is InChI=1S/C13H16BrClN2O/c1-12(2)9(13(12,3)4)11(18)17-7-5-8(14)10(15)16-6-7/h5-6,9H,1-4H3,(H,17,18). The molecule has 1 aromatic rings. The molecule has 1 aliphatic rings. The molecule has 0 atom stereocenters. The number of pyridine rings is 1. The third kappa shape index (κ3) is 2.05. The Kier molecular flexibility index (Phi) is 3.23. The zero-order valence-electron chi connectivity index (χ0n) is 10.8. The lowest BCUT2D eigenvalue weighted by Crippen LogP contribution is -2.17. The van der Waals surface area contributed by atoms with E-state index in [1.54, 1.807) is 12.3 Å². The normalized spacial score (nSPS) is 20.6. The molecule has 1 N–H and O–H groups in total. The van der Waals surface area contributed by atoms with Crippen molar-refractivity contribution in [3.63, 3.8) is 0 Å². The first-order valence-electron chi connectivity index (χ1n) is 5.80. The van der Waals surface area contributed by atoms with Crippen LogP contribution in [0.5, 0.6) is 0 Å². The Balaban J connectivity index is 2.12. The van der Waals surface area contributed by atoms with E-state index in [4.69, 9.17) is 11.6 Å². The molecule has 1 amide bonds. The van der Waals surface area contributed by atoms with Gasteiger partial charge in [-0.15, -0.1) is 0 Å². The summed E-state index contributed by atoms with van der Waals surface area (Å²) < 4.78 is 0.677. The van der Waals surface area contributed by atoms with Crippen LogP contribution in [0.15, 0.2) is 16.7 Å². The van der Waals surface area contributed by atoms with Crippen LogP contribution in [0.3, 0.4) is 0 Å². The molecule has 0 bridgehead atoms. The number of aromatic nitrogens is 1. The minimum absolute atomic E-state index is 0.0273. The van der Waals surface area contributed by atoms with Crippen molar-refractivity contribution < 1.29 is 4.79 Å². The molecule has 5 heteroatoms. The minimum Gasteiger partial charge on any atom is -0.324 e. The number of nitrogens with one attached hydrogen (secondary N) is 1. The quantitative estimate of drug-likeness (QED) is 0.828. The second-order valence-corrected chi connectivity index (χ2v) is 7.07. The van der Waals surface area contributed by atoms with Crippen LogP contribution in [0.25, 0.3) is 0 Å². The van der Waals surface area contributed by atoms with E-state index in [1.165, 1.54) is 0 Å². The molecule has 0 spiro atoms. The lowest BCUT2D eigenvalue weighted by atomic mass is 10.0. The molecule has 98 valence electrons. The number of carbonyl (C=O) groups is 1. The molecule has 0 saturated heterocycles. The second kappa shape index (κ2) is 4.20. The van der Waals surface area contributed by atoms with E-state index < -0.39 is 0 Å². The highest BCUT2D eigenvalue weighted by atomic mass is 79.9. The fraction of sp³-hybridized carbons (Fsp3) is 0.538. The summed E-state index contributed by atoms with van der Waals surface area (Å²) in [6.07, 6.45) is 1.56. The first kappa shape index (κ1) is 13.8. The molecule has 0 aliphatic heterocycles. The van der Waals surface area contributed by atoms with Gasteiger partial charge in [-0.2, -0.15) is 0 Å². The molecule has 1 saturated carbocycles. The summed E-state index contributed by atoms with van der Waals surface area (Å²) in [6.45, 7) is 8.47. The number of hydrogen-bond donors (Lipinski definition) is 1. The molecule has 2 rings (SSSR count). The Morgan fingerprint density at radius 1 is 1.39 bits per heavy atom. The third-order valence-corrected chi connectivity index (χ3v) is 5.48. The first-order valence-corrected chi connectivity index (χ1v) is 6.97. The van der Waals surface area contributed by atoms with Gasteiger partial charge in [0.1, 0.15) is 5.15 Å². The molecule has 1 aliphatic carbocycles. The highest BCUT2D eigenvalue weighted by molar-refractivity contribution is 9.10. The van der Waals surface area contributed by atoms with Gasteiger partial charge in [-0.25, -0.2) is 4.98 Å². The number of rotatable bonds is 2. The van der Waals surface area contributed by atoms with Crippen molar-refractivity contribution in [1.29, 1.82) is 0 Å². The van der Waals surface area contributed by atoms with Crippen LogP contribution in [0.4, 0.5) is 5.69 Å². The molecule has 1 fully saturated rings. The van der Waals surface area contributed by atoms with Gasteiger partial charge in [0, 0.05) is 5.92 Å². The summed E-state index contributed by atoms with van der Waals surface area (Å²) in [5.74, 6) is 0.0699. The SMILES string of the molecule is CC1(C)C(C(=O)Nc2cnc(Cl)c(Br)c2)C1(C)C. The van der Waals surface area contributed by atoms with Crippen molar-refractivity contribution in [1.82, 2.24) is 4.98 Å². The van der Waals surface area contributed by atoms with Crippen LogP contribution in [-0.2, 0) is 4.79 Å². The Bertz CT molecular complexity index is 500. The number of amides is 1. The Morgan fingerprint density at radius 2 is 1.94 bits per heavy atom. The zero-order valence-corrected chi connectivity index (χ0v) is 13.2. The molecular weight excluding hydrogens is 316 g/mol. The highest BCUT2D eigenvalue weighted by Gasteiger charge is 2.68. The molecule has 1 aromatic heterocycles. The van der Waals surface area contributed by atoms with Crippen LogP contribution >= 0.6 is 27.5 Å². The number of carbonyl (C=O) groups excluding carboxylic acids is 1. The number of hydrogen-bond acceptors (Lipinski definition) is 2. The molecule has 1 heterocycles. The van der Waals surface area contributed by atoms with E-state index in [9.17, 15) is 4.79 Å². The number of nitrogens with zero attached hydrogens (tertiary/aromatic N) is 1. The summed E-state index contributed by atoms with van der Waals surface area (Å²) in [4.78, 5) is 16.2. The lowest BCUT2D eigenvalue weighted by Gasteiger charge is -2.07. The van der Waals surface area contributed by atoms with E-state index in [2.05, 4.69) is 53.9 Å². The maximum atomic E-state index is 12.2. The van der Waals surface area contributed by atoms with Crippen LogP contribution in [0.2, 0.25) is 5.15 Å². The van der Waals surface area contributed by atoms with Gasteiger partial charge in [-0.05, 0) is 32.8 Å². The van der Waals surface area contributed by atoms with E-state index in [-0.39, 0.29) is 22.7 Å². The minimum atomic E-state index is 0.0273. The molecule has 0 aromatic carbocycles. The van der Waals surface area contributed by atoms with Gasteiger partial charge in [0.2, 0.25) is 5.91 Å². The summed E-state index contributed by atoms with van der Waals surface area (Å²) in [7, 11) is 0. The summed E-state index contributed by atoms with van der Waals surface area (Å²) in [5, 5.41) is 3.28. The monoisotopic (exact) mass is 330 g/mol. The van der Waals surface area contributed by atoms with Gasteiger partial charge in [0.25, 0.3) is 0 Å². The number of halogens is 2. The fourth-order valence-corrected chi connectivity index (χ4v) is 3.01. The number of anilines is 1. The van der Waals surface area contributed by atoms with Crippen LogP contribution in [0.1, 0.15) is 27.7 Å². The average molecular weight is 332 g/mol. The first-order chi connectivity index (χ1) is 8.18. The van der Waals surface area contributed by atoms with Gasteiger partial charge < -0.3 is 5.32 Å². The summed E-state index contributed by atoms with van der Waals surface area (Å²) >= 11 is 9.10. The van der Waals surface area contributed by atoms with Crippen LogP contribution < -0.4 is 5.32 Å². The second-order valence-electron chi connectivity index (χ2n) is 5.86. The molecule has 18 heavy (non-hydrogen) atoms. The van der Waals surface area contributed by atoms with E-state index >= 15 is 0 Å². The predicted molar refractivity (Wildman–Crippen MR) is 76.6 cm³/mol. The van der Waals surface area contributed by atoms with Crippen LogP contribution in [-0.4, -0.2) is 10.9 Å². The smallest absolute Gasteiger partial charge is 0.228 e. The van der Waals surface area contributed by atoms with Crippen molar-refractivity contribution in [3.05, 3.63) is 21.9 Å². The average Bonchev–Trinajstić information content (AvgIpc) is 2.63. The maximum Gasteiger partial charge on any atom is 0.228 e. The largest absolute Gasteiger partial charge is 0.324 e. The fourth-order valence-electron chi connectivity index (χ4n) is 2.56. The topological polar surface area (TPSA) is 42.0 Å². The van der Waals surface area contributed by atoms with Crippen molar-refractivity contribution in [2.45, 2.75) is 27.7 Å². The Hall–Kier alpha value is -0.610. The van der Waals surface area contributed by atoms with Gasteiger partial charge in [0.15, 0.2) is 0 Å². The molecule has 0 unspecified atom stereocenters. The Morgan fingerprint density at radius 3 is 2.39 bits per heavy atom. The van der Waals surface area contributed by atoms with Crippen molar-refractivity contribution >= 4 is 39.1 Å². The zero-order chi connectivity index (χ0) is 13.7. The molecular formula is C13H16BrClN2O. The van der Waals surface area contributed by atoms with Gasteiger partial charge in [0.05, 0.1) is 16.4 Å². The van der Waals surface area contributed by atoms with E-state index in [0.717, 1.165) is 0 Å². The van der Waals surface area contributed by atoms with Gasteiger partial charge in [-0.3, -0.25) is 4.79 Å². The van der Waals surface area contributed by atoms with Gasteiger partial charge >= 0.3 is 0 Å². The van der Waals surface area contributed by atoms with Gasteiger partial charge in [-0.1, -0.05) is 39.3 Å². The third-order valence-electron chi connectivity index (χ3n) is 4.35. The summed E-state index contributed by atoms with van der Waals surface area (Å²) in [5.41, 5.74) is 0.734. The van der Waals surface area contributed by atoms with Crippen molar-refractivity contribution in [2.75, 3.05) is 5.32 Å². The highest BCUT2D eigenvalue weighted by Crippen LogP contribution is 2.68. The summed E-state index contributed by atoms with van der Waals surface area (Å²) in [6, 6.07) is 1.76.